The van der Waals surface area contributed by atoms with Crippen LogP contribution in [0.25, 0.3) is 22.3 Å². The maximum atomic E-state index is 13.1. The van der Waals surface area contributed by atoms with Gasteiger partial charge >= 0.3 is 5.97 Å². The third kappa shape index (κ3) is 4.47. The van der Waals surface area contributed by atoms with Crippen LogP contribution >= 0.6 is 0 Å². The summed E-state index contributed by atoms with van der Waals surface area (Å²) in [6, 6.07) is 16.1. The molecule has 0 spiro atoms. The van der Waals surface area contributed by atoms with Crippen LogP contribution in [0, 0.1) is 0 Å². The van der Waals surface area contributed by atoms with Gasteiger partial charge in [0.1, 0.15) is 0 Å². The lowest BCUT2D eigenvalue weighted by atomic mass is 10.1. The third-order valence-electron chi connectivity index (χ3n) is 5.39. The van der Waals surface area contributed by atoms with Crippen LogP contribution in [-0.4, -0.2) is 47.3 Å². The number of hydrogen-bond acceptors (Lipinski definition) is 7. The first-order valence-corrected chi connectivity index (χ1v) is 10.8. The monoisotopic (exact) mass is 459 g/mol. The van der Waals surface area contributed by atoms with Gasteiger partial charge in [0.2, 0.25) is 0 Å². The lowest BCUT2D eigenvalue weighted by Gasteiger charge is -2.11. The topological polar surface area (TPSA) is 92.5 Å². The second-order valence-electron chi connectivity index (χ2n) is 7.91. The fraction of sp³-hybridized carbons (Fsp3) is 0.231. The van der Waals surface area contributed by atoms with Gasteiger partial charge in [0.05, 0.1) is 37.1 Å². The quantitative estimate of drug-likeness (QED) is 0.278. The molecule has 0 amide bonds. The predicted octanol–water partition coefficient (Wildman–Crippen LogP) is 4.74. The molecule has 0 fully saturated rings. The molecular weight excluding hydrogens is 434 g/mol. The fourth-order valence-electron chi connectivity index (χ4n) is 3.62. The molecule has 0 saturated heterocycles. The van der Waals surface area contributed by atoms with Gasteiger partial charge < -0.3 is 14.2 Å². The predicted molar refractivity (Wildman–Crippen MR) is 128 cm³/mol. The van der Waals surface area contributed by atoms with Crippen molar-refractivity contribution >= 4 is 22.8 Å². The molecule has 0 N–H and O–H groups in total. The minimum atomic E-state index is -0.623. The molecule has 174 valence electrons. The number of Topliss-reactive ketones (excluding diaryl/α,β-unsaturated/α-hetero) is 1. The largest absolute Gasteiger partial charge is 0.493 e. The van der Waals surface area contributed by atoms with Crippen molar-refractivity contribution in [2.75, 3.05) is 20.8 Å². The van der Waals surface area contributed by atoms with Crippen molar-refractivity contribution in [3.8, 4) is 22.8 Å². The molecule has 0 aliphatic heterocycles. The number of carbonyl (C=O) groups is 2. The molecule has 4 rings (SSSR count). The first-order valence-electron chi connectivity index (χ1n) is 10.8. The highest BCUT2D eigenvalue weighted by Gasteiger charge is 2.21. The van der Waals surface area contributed by atoms with Crippen LogP contribution in [0.3, 0.4) is 0 Å². The van der Waals surface area contributed by atoms with Crippen molar-refractivity contribution in [2.45, 2.75) is 19.9 Å². The number of fused-ring (bicyclic) bond motifs is 1. The normalized spacial score (nSPS) is 11.0. The van der Waals surface area contributed by atoms with E-state index in [9.17, 15) is 9.59 Å². The molecule has 2 heterocycles. The zero-order valence-electron chi connectivity index (χ0n) is 19.4. The Bertz CT molecular complexity index is 1350. The fourth-order valence-corrected chi connectivity index (χ4v) is 3.62. The molecule has 0 aliphatic carbocycles. The Labute approximate surface area is 197 Å². The highest BCUT2D eigenvalue weighted by atomic mass is 16.5. The third-order valence-corrected chi connectivity index (χ3v) is 5.39. The number of pyridine rings is 1. The van der Waals surface area contributed by atoms with Crippen molar-refractivity contribution in [3.05, 3.63) is 71.9 Å². The standard InChI is InChI=1S/C26H25N3O5/c1-16(2)29-25-20(14-27-29)19(13-21(28-25)17-8-6-5-7-9-17)26(31)34-15-22(30)18-10-11-23(32-3)24(12-18)33-4/h5-14,16H,15H2,1-4H3. The van der Waals surface area contributed by atoms with Crippen LogP contribution in [0.1, 0.15) is 40.6 Å². The summed E-state index contributed by atoms with van der Waals surface area (Å²) < 4.78 is 17.6. The van der Waals surface area contributed by atoms with Crippen LogP contribution in [0.2, 0.25) is 0 Å². The van der Waals surface area contributed by atoms with Crippen LogP contribution < -0.4 is 9.47 Å². The molecular formula is C26H25N3O5. The molecule has 0 unspecified atom stereocenters. The summed E-state index contributed by atoms with van der Waals surface area (Å²) in [5, 5.41) is 4.97. The summed E-state index contributed by atoms with van der Waals surface area (Å²) in [4.78, 5) is 30.5. The number of hydrogen-bond donors (Lipinski definition) is 0. The average Bonchev–Trinajstić information content (AvgIpc) is 3.31. The Morgan fingerprint density at radius 2 is 1.71 bits per heavy atom. The zero-order valence-corrected chi connectivity index (χ0v) is 19.4. The number of benzene rings is 2. The molecule has 8 heteroatoms. The van der Waals surface area contributed by atoms with Crippen molar-refractivity contribution in [1.82, 2.24) is 14.8 Å². The van der Waals surface area contributed by atoms with Gasteiger partial charge in [0, 0.05) is 17.2 Å². The molecule has 34 heavy (non-hydrogen) atoms. The number of ketones is 1. The summed E-state index contributed by atoms with van der Waals surface area (Å²) in [5.74, 6) is -0.0579. The summed E-state index contributed by atoms with van der Waals surface area (Å²) >= 11 is 0. The maximum absolute atomic E-state index is 13.1. The molecule has 0 atom stereocenters. The second-order valence-corrected chi connectivity index (χ2v) is 7.91. The van der Waals surface area contributed by atoms with Crippen LogP contribution in [0.15, 0.2) is 60.8 Å². The van der Waals surface area contributed by atoms with Gasteiger partial charge in [-0.3, -0.25) is 4.79 Å². The molecule has 2 aromatic heterocycles. The summed E-state index contributed by atoms with van der Waals surface area (Å²) in [6.07, 6.45) is 1.60. The minimum absolute atomic E-state index is 0.0477. The zero-order chi connectivity index (χ0) is 24.2. The molecule has 0 radical (unpaired) electrons. The van der Waals surface area contributed by atoms with E-state index in [2.05, 4.69) is 5.10 Å². The van der Waals surface area contributed by atoms with Gasteiger partial charge in [0.25, 0.3) is 0 Å². The number of methoxy groups -OCH3 is 2. The van der Waals surface area contributed by atoms with Crippen LogP contribution in [0.5, 0.6) is 11.5 Å². The second kappa shape index (κ2) is 9.74. The Morgan fingerprint density at radius 1 is 0.971 bits per heavy atom. The number of aromatic nitrogens is 3. The van der Waals surface area contributed by atoms with E-state index in [1.54, 1.807) is 35.1 Å². The van der Waals surface area contributed by atoms with E-state index in [1.165, 1.54) is 14.2 Å². The molecule has 2 aromatic carbocycles. The first kappa shape index (κ1) is 23.0. The van der Waals surface area contributed by atoms with E-state index >= 15 is 0 Å². The highest BCUT2D eigenvalue weighted by molar-refractivity contribution is 6.05. The van der Waals surface area contributed by atoms with E-state index in [-0.39, 0.29) is 11.8 Å². The SMILES string of the molecule is COc1ccc(C(=O)COC(=O)c2cc(-c3ccccc3)nc3c2cnn3C(C)C)cc1OC. The summed E-state index contributed by atoms with van der Waals surface area (Å²) in [6.45, 7) is 3.56. The van der Waals surface area contributed by atoms with E-state index in [1.807, 2.05) is 44.2 Å². The lowest BCUT2D eigenvalue weighted by molar-refractivity contribution is 0.0476. The molecule has 0 aliphatic rings. The van der Waals surface area contributed by atoms with Crippen LogP contribution in [-0.2, 0) is 4.74 Å². The molecule has 0 bridgehead atoms. The first-order chi connectivity index (χ1) is 16.4. The van der Waals surface area contributed by atoms with Gasteiger partial charge in [-0.05, 0) is 38.1 Å². The van der Waals surface area contributed by atoms with Gasteiger partial charge in [-0.1, -0.05) is 30.3 Å². The smallest absolute Gasteiger partial charge is 0.339 e. The van der Waals surface area contributed by atoms with E-state index in [4.69, 9.17) is 19.2 Å². The average molecular weight is 460 g/mol. The lowest BCUT2D eigenvalue weighted by Crippen LogP contribution is -2.15. The number of ether oxygens (including phenoxy) is 3. The summed E-state index contributed by atoms with van der Waals surface area (Å²) in [7, 11) is 3.00. The Balaban J connectivity index is 1.64. The number of carbonyl (C=O) groups excluding carboxylic acids is 2. The Kier molecular flexibility index (Phi) is 6.58. The van der Waals surface area contributed by atoms with Crippen molar-refractivity contribution < 1.29 is 23.8 Å². The maximum Gasteiger partial charge on any atom is 0.339 e. The van der Waals surface area contributed by atoms with Gasteiger partial charge in [-0.2, -0.15) is 5.10 Å². The Hall–Kier alpha value is -4.20. The van der Waals surface area contributed by atoms with Crippen molar-refractivity contribution in [1.29, 1.82) is 0 Å². The van der Waals surface area contributed by atoms with Gasteiger partial charge in [0.15, 0.2) is 29.5 Å². The van der Waals surface area contributed by atoms with E-state index in [0.29, 0.717) is 39.4 Å². The van der Waals surface area contributed by atoms with E-state index < -0.39 is 12.6 Å². The van der Waals surface area contributed by atoms with Crippen LogP contribution in [0.4, 0.5) is 0 Å². The Morgan fingerprint density at radius 3 is 2.38 bits per heavy atom. The summed E-state index contributed by atoms with van der Waals surface area (Å²) in [5.41, 5.74) is 2.71. The van der Waals surface area contributed by atoms with Crippen molar-refractivity contribution in [3.63, 3.8) is 0 Å². The number of rotatable bonds is 8. The van der Waals surface area contributed by atoms with Crippen molar-refractivity contribution in [2.24, 2.45) is 0 Å². The highest BCUT2D eigenvalue weighted by Crippen LogP contribution is 2.29. The van der Waals surface area contributed by atoms with E-state index in [0.717, 1.165) is 5.56 Å². The van der Waals surface area contributed by atoms with Gasteiger partial charge in [-0.15, -0.1) is 0 Å². The molecule has 8 nitrogen and oxygen atoms in total. The molecule has 0 saturated carbocycles. The number of esters is 1. The van der Waals surface area contributed by atoms with Gasteiger partial charge in [-0.25, -0.2) is 14.5 Å². The minimum Gasteiger partial charge on any atom is -0.493 e. The number of nitrogens with zero attached hydrogens (tertiary/aromatic N) is 3. The molecule has 4 aromatic rings.